The molecule has 3 aliphatic rings. The van der Waals surface area contributed by atoms with Gasteiger partial charge in [0.1, 0.15) is 0 Å². The molecule has 0 bridgehead atoms. The molecule has 0 saturated heterocycles. The van der Waals surface area contributed by atoms with Gasteiger partial charge >= 0.3 is 0 Å². The maximum Gasteiger partial charge on any atom is 0.0388 e. The molecule has 2 aromatic rings. The summed E-state index contributed by atoms with van der Waals surface area (Å²) < 4.78 is 0. The number of hydrogen-bond acceptors (Lipinski definition) is 1. The topological polar surface area (TPSA) is 3.24 Å². The molecule has 1 nitrogen and oxygen atoms in total. The smallest absolute Gasteiger partial charge is 0.0388 e. The molecule has 0 radical (unpaired) electrons. The van der Waals surface area contributed by atoms with Crippen molar-refractivity contribution in [3.63, 3.8) is 0 Å². The quantitative estimate of drug-likeness (QED) is 0.548. The van der Waals surface area contributed by atoms with Crippen molar-refractivity contribution in [1.82, 2.24) is 4.90 Å². The normalized spacial score (nSPS) is 21.2. The van der Waals surface area contributed by atoms with E-state index < -0.39 is 0 Å². The highest BCUT2D eigenvalue weighted by Crippen LogP contribution is 2.37. The van der Waals surface area contributed by atoms with E-state index in [0.717, 1.165) is 12.3 Å². The van der Waals surface area contributed by atoms with Gasteiger partial charge in [-0.1, -0.05) is 74.8 Å². The summed E-state index contributed by atoms with van der Waals surface area (Å²) in [5.74, 6) is 0.841. The third-order valence-electron chi connectivity index (χ3n) is 7.74. The van der Waals surface area contributed by atoms with Crippen molar-refractivity contribution in [2.45, 2.75) is 77.7 Å². The summed E-state index contributed by atoms with van der Waals surface area (Å²) in [4.78, 5) is 2.71. The first kappa shape index (κ1) is 20.1. The molecule has 158 valence electrons. The van der Waals surface area contributed by atoms with E-state index in [0.29, 0.717) is 6.04 Å². The second kappa shape index (κ2) is 8.71. The van der Waals surface area contributed by atoms with Crippen molar-refractivity contribution in [2.24, 2.45) is 5.92 Å². The Balaban J connectivity index is 1.65. The van der Waals surface area contributed by atoms with Crippen LogP contribution in [0.5, 0.6) is 0 Å². The average Bonchev–Trinajstić information content (AvgIpc) is 3.32. The Morgan fingerprint density at radius 3 is 2.47 bits per heavy atom. The van der Waals surface area contributed by atoms with Crippen molar-refractivity contribution in [3.8, 4) is 0 Å². The SMILES string of the molecule is CCCN(CCC)C1CC=Cc2c1ccc1c3c(ccc21)=C(C1CCCC1)CCC=3. The van der Waals surface area contributed by atoms with Crippen LogP contribution in [-0.4, -0.2) is 18.0 Å². The van der Waals surface area contributed by atoms with E-state index in [1.165, 1.54) is 86.0 Å². The van der Waals surface area contributed by atoms with Gasteiger partial charge in [-0.05, 0) is 96.3 Å². The minimum absolute atomic E-state index is 0.537. The number of nitrogens with zero attached hydrogens (tertiary/aromatic N) is 1. The van der Waals surface area contributed by atoms with Crippen molar-refractivity contribution in [2.75, 3.05) is 13.1 Å². The molecular formula is C29H37N. The molecule has 30 heavy (non-hydrogen) atoms. The van der Waals surface area contributed by atoms with E-state index in [2.05, 4.69) is 61.2 Å². The highest BCUT2D eigenvalue weighted by molar-refractivity contribution is 5.94. The predicted molar refractivity (Wildman–Crippen MR) is 131 cm³/mol. The highest BCUT2D eigenvalue weighted by atomic mass is 15.1. The first-order chi connectivity index (χ1) is 14.8. The van der Waals surface area contributed by atoms with E-state index in [4.69, 9.17) is 0 Å². The maximum atomic E-state index is 2.71. The fourth-order valence-electron chi connectivity index (χ4n) is 6.44. The number of hydrogen-bond donors (Lipinski definition) is 0. The van der Waals surface area contributed by atoms with Crippen LogP contribution in [0.25, 0.3) is 28.5 Å². The summed E-state index contributed by atoms with van der Waals surface area (Å²) in [6.07, 6.45) is 19.1. The lowest BCUT2D eigenvalue weighted by atomic mass is 9.84. The van der Waals surface area contributed by atoms with E-state index in [1.807, 2.05) is 0 Å². The minimum atomic E-state index is 0.537. The fourth-order valence-corrected chi connectivity index (χ4v) is 6.44. The Labute approximate surface area is 182 Å². The van der Waals surface area contributed by atoms with Crippen LogP contribution in [0, 0.1) is 5.92 Å². The maximum absolute atomic E-state index is 2.71. The summed E-state index contributed by atoms with van der Waals surface area (Å²) in [5, 5.41) is 6.03. The molecule has 5 rings (SSSR count). The fraction of sp³-hybridized carbons (Fsp3) is 0.517. The van der Waals surface area contributed by atoms with Gasteiger partial charge in [0.25, 0.3) is 0 Å². The van der Waals surface area contributed by atoms with Gasteiger partial charge in [-0.15, -0.1) is 0 Å². The Kier molecular flexibility index (Phi) is 5.83. The average molecular weight is 400 g/mol. The Bertz CT molecular complexity index is 1060. The molecule has 0 N–H and O–H groups in total. The Morgan fingerprint density at radius 1 is 0.933 bits per heavy atom. The number of rotatable bonds is 6. The van der Waals surface area contributed by atoms with Crippen LogP contribution in [0.2, 0.25) is 0 Å². The largest absolute Gasteiger partial charge is 0.296 e. The molecule has 1 atom stereocenters. The third kappa shape index (κ3) is 3.46. The third-order valence-corrected chi connectivity index (χ3v) is 7.74. The molecule has 0 amide bonds. The molecule has 1 saturated carbocycles. The van der Waals surface area contributed by atoms with Gasteiger partial charge in [0.2, 0.25) is 0 Å². The summed E-state index contributed by atoms with van der Waals surface area (Å²) >= 11 is 0. The predicted octanol–water partition coefficient (Wildman–Crippen LogP) is 6.34. The molecule has 1 fully saturated rings. The molecule has 3 aliphatic carbocycles. The van der Waals surface area contributed by atoms with Gasteiger partial charge in [0.05, 0.1) is 0 Å². The molecule has 2 aromatic carbocycles. The van der Waals surface area contributed by atoms with Crippen molar-refractivity contribution in [3.05, 3.63) is 51.9 Å². The monoisotopic (exact) mass is 399 g/mol. The van der Waals surface area contributed by atoms with Crippen molar-refractivity contribution >= 4 is 28.5 Å². The van der Waals surface area contributed by atoms with Crippen LogP contribution in [0.1, 0.15) is 88.8 Å². The van der Waals surface area contributed by atoms with Crippen LogP contribution in [0.3, 0.4) is 0 Å². The lowest BCUT2D eigenvalue weighted by molar-refractivity contribution is 0.197. The second-order valence-corrected chi connectivity index (χ2v) is 9.63. The summed E-state index contributed by atoms with van der Waals surface area (Å²) in [7, 11) is 0. The summed E-state index contributed by atoms with van der Waals surface area (Å²) in [5.41, 5.74) is 4.78. The highest BCUT2D eigenvalue weighted by Gasteiger charge is 2.25. The zero-order chi connectivity index (χ0) is 20.5. The van der Waals surface area contributed by atoms with Crippen LogP contribution >= 0.6 is 0 Å². The Hall–Kier alpha value is -1.86. The van der Waals surface area contributed by atoms with Crippen LogP contribution < -0.4 is 10.4 Å². The van der Waals surface area contributed by atoms with E-state index in [1.54, 1.807) is 16.4 Å². The van der Waals surface area contributed by atoms with Crippen molar-refractivity contribution < 1.29 is 0 Å². The van der Waals surface area contributed by atoms with E-state index in [9.17, 15) is 0 Å². The van der Waals surface area contributed by atoms with Gasteiger partial charge < -0.3 is 0 Å². The van der Waals surface area contributed by atoms with Crippen LogP contribution in [-0.2, 0) is 0 Å². The molecule has 0 aliphatic heterocycles. The molecule has 0 aromatic heterocycles. The second-order valence-electron chi connectivity index (χ2n) is 9.63. The van der Waals surface area contributed by atoms with Gasteiger partial charge in [-0.25, -0.2) is 0 Å². The zero-order valence-electron chi connectivity index (χ0n) is 18.9. The van der Waals surface area contributed by atoms with Crippen LogP contribution in [0.15, 0.2) is 30.3 Å². The molecule has 1 heteroatoms. The van der Waals surface area contributed by atoms with Gasteiger partial charge in [0.15, 0.2) is 0 Å². The molecular weight excluding hydrogens is 362 g/mol. The Morgan fingerprint density at radius 2 is 1.70 bits per heavy atom. The first-order valence-electron chi connectivity index (χ1n) is 12.5. The lowest BCUT2D eigenvalue weighted by Crippen LogP contribution is -2.33. The first-order valence-corrected chi connectivity index (χ1v) is 12.5. The lowest BCUT2D eigenvalue weighted by Gasteiger charge is -2.34. The standard InChI is InChI=1S/C29H37N/c1-3-19-30(20-4-2)29-14-8-13-24-27-16-15-25-22(21-9-5-6-10-21)11-7-12-23(25)26(27)17-18-28(24)29/h8,12-13,15-18,21,29H,3-7,9-11,14,19-20H2,1-2H3. The minimum Gasteiger partial charge on any atom is -0.296 e. The summed E-state index contributed by atoms with van der Waals surface area (Å²) in [6, 6.07) is 10.4. The molecule has 1 unspecified atom stereocenters. The molecule has 0 spiro atoms. The van der Waals surface area contributed by atoms with E-state index >= 15 is 0 Å². The van der Waals surface area contributed by atoms with Crippen molar-refractivity contribution in [1.29, 1.82) is 0 Å². The number of benzene rings is 2. The van der Waals surface area contributed by atoms with E-state index in [-0.39, 0.29) is 0 Å². The molecule has 0 heterocycles. The van der Waals surface area contributed by atoms with Gasteiger partial charge in [-0.3, -0.25) is 4.90 Å². The summed E-state index contributed by atoms with van der Waals surface area (Å²) in [6.45, 7) is 7.01. The van der Waals surface area contributed by atoms with Gasteiger partial charge in [0, 0.05) is 6.04 Å². The van der Waals surface area contributed by atoms with Gasteiger partial charge in [-0.2, -0.15) is 0 Å². The number of fused-ring (bicyclic) bond motifs is 5. The zero-order valence-corrected chi connectivity index (χ0v) is 18.9. The van der Waals surface area contributed by atoms with Crippen LogP contribution in [0.4, 0.5) is 0 Å².